The topological polar surface area (TPSA) is 70.7 Å². The fourth-order valence-corrected chi connectivity index (χ4v) is 3.09. The summed E-state index contributed by atoms with van der Waals surface area (Å²) in [7, 11) is 0. The largest absolute Gasteiger partial charge is 0.573 e. The van der Waals surface area contributed by atoms with Gasteiger partial charge in [-0.05, 0) is 31.5 Å². The number of amides is 2. The highest BCUT2D eigenvalue weighted by molar-refractivity contribution is 6.01. The lowest BCUT2D eigenvalue weighted by atomic mass is 10.1. The molecule has 2 N–H and O–H groups in total. The first kappa shape index (κ1) is 17.5. The van der Waals surface area contributed by atoms with Crippen molar-refractivity contribution in [3.8, 4) is 5.75 Å². The molecular formula is C16H18F3N3O3. The number of ether oxygens (including phenoxy) is 1. The van der Waals surface area contributed by atoms with E-state index >= 15 is 0 Å². The van der Waals surface area contributed by atoms with Gasteiger partial charge in [0.25, 0.3) is 0 Å². The Balaban J connectivity index is 1.65. The maximum Gasteiger partial charge on any atom is 0.573 e. The Labute approximate surface area is 142 Å². The number of benzene rings is 1. The van der Waals surface area contributed by atoms with Crippen molar-refractivity contribution in [3.05, 3.63) is 24.3 Å². The summed E-state index contributed by atoms with van der Waals surface area (Å²) < 4.78 is 40.9. The molecule has 136 valence electrons. The molecule has 6 nitrogen and oxygen atoms in total. The van der Waals surface area contributed by atoms with E-state index in [9.17, 15) is 22.8 Å². The van der Waals surface area contributed by atoms with Crippen LogP contribution in [0.2, 0.25) is 0 Å². The number of hydrogen-bond donors (Lipinski definition) is 2. The maximum atomic E-state index is 12.5. The van der Waals surface area contributed by atoms with Crippen LogP contribution < -0.4 is 20.3 Å². The fourth-order valence-electron chi connectivity index (χ4n) is 3.09. The van der Waals surface area contributed by atoms with Gasteiger partial charge in [-0.25, -0.2) is 0 Å². The van der Waals surface area contributed by atoms with Crippen LogP contribution in [0.5, 0.6) is 5.75 Å². The second kappa shape index (κ2) is 6.91. The summed E-state index contributed by atoms with van der Waals surface area (Å²) in [5.74, 6) is -1.03. The summed E-state index contributed by atoms with van der Waals surface area (Å²) in [4.78, 5) is 26.0. The molecule has 1 aromatic rings. The van der Waals surface area contributed by atoms with Gasteiger partial charge in [0.1, 0.15) is 11.8 Å². The predicted octanol–water partition coefficient (Wildman–Crippen LogP) is 1.42. The van der Waals surface area contributed by atoms with E-state index in [1.165, 1.54) is 23.1 Å². The molecule has 2 saturated heterocycles. The van der Waals surface area contributed by atoms with Crippen LogP contribution >= 0.6 is 0 Å². The SMILES string of the molecule is O=C(NC1CCN(c2cccc(OC(F)(F)F)c2)C1=O)C1CCNC1. The molecule has 2 atom stereocenters. The van der Waals surface area contributed by atoms with Crippen LogP contribution in [0.1, 0.15) is 12.8 Å². The molecule has 2 aliphatic rings. The number of carbonyl (C=O) groups is 2. The molecule has 0 aliphatic carbocycles. The highest BCUT2D eigenvalue weighted by atomic mass is 19.4. The Bertz CT molecular complexity index is 660. The van der Waals surface area contributed by atoms with E-state index in [0.717, 1.165) is 19.0 Å². The molecule has 25 heavy (non-hydrogen) atoms. The van der Waals surface area contributed by atoms with Gasteiger partial charge in [0, 0.05) is 24.8 Å². The van der Waals surface area contributed by atoms with Gasteiger partial charge in [0.15, 0.2) is 0 Å². The second-order valence-corrected chi connectivity index (χ2v) is 6.07. The van der Waals surface area contributed by atoms with Crippen molar-refractivity contribution in [3.63, 3.8) is 0 Å². The molecule has 3 rings (SSSR count). The van der Waals surface area contributed by atoms with Crippen LogP contribution in [0.25, 0.3) is 0 Å². The summed E-state index contributed by atoms with van der Waals surface area (Å²) in [6.07, 6.45) is -3.65. The molecule has 2 unspecified atom stereocenters. The number of nitrogens with zero attached hydrogens (tertiary/aromatic N) is 1. The molecule has 0 spiro atoms. The molecule has 1 aromatic carbocycles. The maximum absolute atomic E-state index is 12.5. The molecule has 0 bridgehead atoms. The van der Waals surface area contributed by atoms with Crippen molar-refractivity contribution in [2.24, 2.45) is 5.92 Å². The van der Waals surface area contributed by atoms with Crippen molar-refractivity contribution in [1.82, 2.24) is 10.6 Å². The smallest absolute Gasteiger partial charge is 0.406 e. The van der Waals surface area contributed by atoms with Crippen molar-refractivity contribution in [2.45, 2.75) is 25.2 Å². The summed E-state index contributed by atoms with van der Waals surface area (Å²) in [5, 5.41) is 5.83. The van der Waals surface area contributed by atoms with Gasteiger partial charge in [-0.15, -0.1) is 13.2 Å². The van der Waals surface area contributed by atoms with Gasteiger partial charge in [-0.1, -0.05) is 6.07 Å². The minimum atomic E-state index is -4.79. The van der Waals surface area contributed by atoms with Gasteiger partial charge in [-0.3, -0.25) is 9.59 Å². The predicted molar refractivity (Wildman–Crippen MR) is 83.0 cm³/mol. The minimum Gasteiger partial charge on any atom is -0.406 e. The number of halogens is 3. The van der Waals surface area contributed by atoms with E-state index in [4.69, 9.17) is 0 Å². The van der Waals surface area contributed by atoms with Crippen molar-refractivity contribution in [1.29, 1.82) is 0 Å². The number of rotatable bonds is 4. The third-order valence-corrected chi connectivity index (χ3v) is 4.32. The Hall–Kier alpha value is -2.29. The molecule has 2 aliphatic heterocycles. The Kier molecular flexibility index (Phi) is 4.85. The van der Waals surface area contributed by atoms with E-state index in [0.29, 0.717) is 25.2 Å². The third-order valence-electron chi connectivity index (χ3n) is 4.32. The standard InChI is InChI=1S/C16H18F3N3O3/c17-16(18,19)25-12-3-1-2-11(8-12)22-7-5-13(15(22)24)21-14(23)10-4-6-20-9-10/h1-3,8,10,13,20H,4-7,9H2,(H,21,23). The summed E-state index contributed by atoms with van der Waals surface area (Å²) in [6, 6.07) is 4.60. The quantitative estimate of drug-likeness (QED) is 0.855. The first-order valence-corrected chi connectivity index (χ1v) is 8.02. The van der Waals surface area contributed by atoms with E-state index in [2.05, 4.69) is 15.4 Å². The van der Waals surface area contributed by atoms with E-state index in [1.807, 2.05) is 0 Å². The normalized spacial score (nSPS) is 23.8. The Morgan fingerprint density at radius 2 is 2.12 bits per heavy atom. The first-order valence-electron chi connectivity index (χ1n) is 8.02. The van der Waals surface area contributed by atoms with E-state index in [-0.39, 0.29) is 23.5 Å². The van der Waals surface area contributed by atoms with Crippen LogP contribution in [0.4, 0.5) is 18.9 Å². The second-order valence-electron chi connectivity index (χ2n) is 6.07. The minimum absolute atomic E-state index is 0.148. The molecule has 2 fully saturated rings. The average Bonchev–Trinajstić information content (AvgIpc) is 3.17. The molecule has 2 amide bonds. The van der Waals surface area contributed by atoms with Gasteiger partial charge in [0.2, 0.25) is 11.8 Å². The summed E-state index contributed by atoms with van der Waals surface area (Å²) in [6.45, 7) is 1.68. The third kappa shape index (κ3) is 4.22. The number of alkyl halides is 3. The summed E-state index contributed by atoms with van der Waals surface area (Å²) >= 11 is 0. The highest BCUT2D eigenvalue weighted by Crippen LogP contribution is 2.29. The molecule has 0 aromatic heterocycles. The average molecular weight is 357 g/mol. The van der Waals surface area contributed by atoms with Crippen molar-refractivity contribution >= 4 is 17.5 Å². The van der Waals surface area contributed by atoms with Crippen molar-refractivity contribution < 1.29 is 27.5 Å². The van der Waals surface area contributed by atoms with Crippen LogP contribution in [0.15, 0.2) is 24.3 Å². The van der Waals surface area contributed by atoms with Crippen LogP contribution in [-0.4, -0.2) is 43.9 Å². The molecule has 0 radical (unpaired) electrons. The molecular weight excluding hydrogens is 339 g/mol. The Morgan fingerprint density at radius 1 is 1.32 bits per heavy atom. The van der Waals surface area contributed by atoms with Gasteiger partial charge >= 0.3 is 6.36 Å². The fraction of sp³-hybridized carbons (Fsp3) is 0.500. The van der Waals surface area contributed by atoms with E-state index in [1.54, 1.807) is 0 Å². The zero-order valence-corrected chi connectivity index (χ0v) is 13.3. The zero-order valence-electron chi connectivity index (χ0n) is 13.3. The number of anilines is 1. The molecule has 0 saturated carbocycles. The highest BCUT2D eigenvalue weighted by Gasteiger charge is 2.36. The zero-order chi connectivity index (χ0) is 18.0. The number of carbonyl (C=O) groups excluding carboxylic acids is 2. The lowest BCUT2D eigenvalue weighted by Gasteiger charge is -2.19. The van der Waals surface area contributed by atoms with Gasteiger partial charge in [0.05, 0.1) is 5.92 Å². The molecule has 2 heterocycles. The monoisotopic (exact) mass is 357 g/mol. The van der Waals surface area contributed by atoms with Gasteiger partial charge in [-0.2, -0.15) is 0 Å². The van der Waals surface area contributed by atoms with Crippen LogP contribution in [-0.2, 0) is 9.59 Å². The van der Waals surface area contributed by atoms with E-state index < -0.39 is 12.4 Å². The lowest BCUT2D eigenvalue weighted by Crippen LogP contribution is -2.44. The Morgan fingerprint density at radius 3 is 2.80 bits per heavy atom. The summed E-state index contributed by atoms with van der Waals surface area (Å²) in [5.41, 5.74) is 0.311. The first-order chi connectivity index (χ1) is 11.8. The van der Waals surface area contributed by atoms with Crippen LogP contribution in [0.3, 0.4) is 0 Å². The van der Waals surface area contributed by atoms with Crippen molar-refractivity contribution in [2.75, 3.05) is 24.5 Å². The van der Waals surface area contributed by atoms with Crippen LogP contribution in [0, 0.1) is 5.92 Å². The molecule has 9 heteroatoms. The number of hydrogen-bond acceptors (Lipinski definition) is 4. The lowest BCUT2D eigenvalue weighted by molar-refractivity contribution is -0.274. The number of nitrogens with one attached hydrogen (secondary N) is 2. The van der Waals surface area contributed by atoms with Gasteiger partial charge < -0.3 is 20.3 Å².